The quantitative estimate of drug-likeness (QED) is 0.824. The van der Waals surface area contributed by atoms with E-state index in [1.165, 1.54) is 11.1 Å². The standard InChI is InChI=1S/C16H18N2O/c1-12-5-7-13(8-6-12)9-10-18-16(19)14-3-2-4-15(17)11-14/h2-8,11H,9-10,17H2,1H3,(H,18,19). The summed E-state index contributed by atoms with van der Waals surface area (Å²) in [5.74, 6) is -0.0839. The highest BCUT2D eigenvalue weighted by atomic mass is 16.1. The van der Waals surface area contributed by atoms with Gasteiger partial charge in [0.25, 0.3) is 5.91 Å². The molecule has 2 aromatic rings. The number of nitrogen functional groups attached to an aromatic ring is 1. The summed E-state index contributed by atoms with van der Waals surface area (Å²) in [7, 11) is 0. The summed E-state index contributed by atoms with van der Waals surface area (Å²) in [4.78, 5) is 11.9. The van der Waals surface area contributed by atoms with E-state index in [2.05, 4.69) is 36.5 Å². The lowest BCUT2D eigenvalue weighted by atomic mass is 10.1. The molecule has 0 aliphatic heterocycles. The van der Waals surface area contributed by atoms with Crippen molar-refractivity contribution in [2.45, 2.75) is 13.3 Å². The van der Waals surface area contributed by atoms with Gasteiger partial charge in [-0.2, -0.15) is 0 Å². The third kappa shape index (κ3) is 3.85. The van der Waals surface area contributed by atoms with Gasteiger partial charge in [0.15, 0.2) is 0 Å². The number of carbonyl (C=O) groups excluding carboxylic acids is 1. The van der Waals surface area contributed by atoms with Crippen molar-refractivity contribution in [2.24, 2.45) is 0 Å². The van der Waals surface area contributed by atoms with Gasteiger partial charge in [0.2, 0.25) is 0 Å². The van der Waals surface area contributed by atoms with Crippen LogP contribution in [0.15, 0.2) is 48.5 Å². The maximum Gasteiger partial charge on any atom is 0.251 e. The molecule has 0 radical (unpaired) electrons. The Labute approximate surface area is 113 Å². The van der Waals surface area contributed by atoms with Crippen molar-refractivity contribution in [3.05, 3.63) is 65.2 Å². The number of hydrogen-bond acceptors (Lipinski definition) is 2. The van der Waals surface area contributed by atoms with Crippen molar-refractivity contribution in [2.75, 3.05) is 12.3 Å². The molecule has 3 N–H and O–H groups in total. The van der Waals surface area contributed by atoms with Crippen LogP contribution in [0.3, 0.4) is 0 Å². The monoisotopic (exact) mass is 254 g/mol. The van der Waals surface area contributed by atoms with Crippen LogP contribution >= 0.6 is 0 Å². The predicted octanol–water partition coefficient (Wildman–Crippen LogP) is 2.55. The van der Waals surface area contributed by atoms with Gasteiger partial charge in [-0.05, 0) is 37.1 Å². The Morgan fingerprint density at radius 3 is 2.58 bits per heavy atom. The van der Waals surface area contributed by atoms with Crippen LogP contribution in [0, 0.1) is 6.92 Å². The smallest absolute Gasteiger partial charge is 0.251 e. The van der Waals surface area contributed by atoms with Crippen LogP contribution in [0.2, 0.25) is 0 Å². The molecule has 3 heteroatoms. The maximum absolute atomic E-state index is 11.9. The van der Waals surface area contributed by atoms with Crippen molar-refractivity contribution in [3.63, 3.8) is 0 Å². The molecule has 2 aromatic carbocycles. The largest absolute Gasteiger partial charge is 0.399 e. The average molecular weight is 254 g/mol. The molecule has 1 amide bonds. The van der Waals surface area contributed by atoms with Crippen LogP contribution < -0.4 is 11.1 Å². The van der Waals surface area contributed by atoms with Gasteiger partial charge in [0.1, 0.15) is 0 Å². The van der Waals surface area contributed by atoms with Crippen molar-refractivity contribution in [1.82, 2.24) is 5.32 Å². The fourth-order valence-corrected chi connectivity index (χ4v) is 1.86. The number of anilines is 1. The fraction of sp³-hybridized carbons (Fsp3) is 0.188. The first-order chi connectivity index (χ1) is 9.15. The van der Waals surface area contributed by atoms with Gasteiger partial charge in [0.05, 0.1) is 0 Å². The molecule has 0 fully saturated rings. The molecular formula is C16H18N2O. The second-order valence-corrected chi connectivity index (χ2v) is 4.62. The lowest BCUT2D eigenvalue weighted by Gasteiger charge is -2.06. The molecule has 0 aromatic heterocycles. The number of nitrogens with two attached hydrogens (primary N) is 1. The second kappa shape index (κ2) is 6.05. The Bertz CT molecular complexity index is 561. The number of hydrogen-bond donors (Lipinski definition) is 2. The van der Waals surface area contributed by atoms with Crippen LogP contribution in [0.1, 0.15) is 21.5 Å². The van der Waals surface area contributed by atoms with Crippen molar-refractivity contribution >= 4 is 11.6 Å². The van der Waals surface area contributed by atoms with E-state index in [9.17, 15) is 4.79 Å². The van der Waals surface area contributed by atoms with E-state index in [-0.39, 0.29) is 5.91 Å². The minimum Gasteiger partial charge on any atom is -0.399 e. The average Bonchev–Trinajstić information content (AvgIpc) is 2.41. The molecular weight excluding hydrogens is 236 g/mol. The second-order valence-electron chi connectivity index (χ2n) is 4.62. The summed E-state index contributed by atoms with van der Waals surface area (Å²) in [5.41, 5.74) is 9.32. The third-order valence-electron chi connectivity index (χ3n) is 2.97. The molecule has 3 nitrogen and oxygen atoms in total. The van der Waals surface area contributed by atoms with Crippen LogP contribution in [-0.2, 0) is 6.42 Å². The lowest BCUT2D eigenvalue weighted by molar-refractivity contribution is 0.0954. The van der Waals surface area contributed by atoms with Gasteiger partial charge in [-0.25, -0.2) is 0 Å². The van der Waals surface area contributed by atoms with E-state index in [0.29, 0.717) is 17.8 Å². The number of amides is 1. The predicted molar refractivity (Wildman–Crippen MR) is 78.1 cm³/mol. The minimum atomic E-state index is -0.0839. The summed E-state index contributed by atoms with van der Waals surface area (Å²) < 4.78 is 0. The molecule has 98 valence electrons. The lowest BCUT2D eigenvalue weighted by Crippen LogP contribution is -2.25. The van der Waals surface area contributed by atoms with E-state index in [1.807, 2.05) is 0 Å². The third-order valence-corrected chi connectivity index (χ3v) is 2.97. The summed E-state index contributed by atoms with van der Waals surface area (Å²) in [6, 6.07) is 15.3. The first-order valence-corrected chi connectivity index (χ1v) is 6.34. The SMILES string of the molecule is Cc1ccc(CCNC(=O)c2cccc(N)c2)cc1. The van der Waals surface area contributed by atoms with E-state index >= 15 is 0 Å². The van der Waals surface area contributed by atoms with Crippen molar-refractivity contribution in [1.29, 1.82) is 0 Å². The van der Waals surface area contributed by atoms with Crippen molar-refractivity contribution in [3.8, 4) is 0 Å². The first-order valence-electron chi connectivity index (χ1n) is 6.34. The van der Waals surface area contributed by atoms with Crippen LogP contribution in [-0.4, -0.2) is 12.5 Å². The Kier molecular flexibility index (Phi) is 4.18. The normalized spacial score (nSPS) is 10.2. The minimum absolute atomic E-state index is 0.0839. The molecule has 0 unspecified atom stereocenters. The van der Waals surface area contributed by atoms with Gasteiger partial charge in [-0.15, -0.1) is 0 Å². The summed E-state index contributed by atoms with van der Waals surface area (Å²) in [5, 5.41) is 2.89. The molecule has 0 aliphatic carbocycles. The Hall–Kier alpha value is -2.29. The molecule has 0 aliphatic rings. The van der Waals surface area contributed by atoms with E-state index in [0.717, 1.165) is 6.42 Å². The highest BCUT2D eigenvalue weighted by Gasteiger charge is 2.04. The van der Waals surface area contributed by atoms with Gasteiger partial charge in [-0.1, -0.05) is 35.9 Å². The fourth-order valence-electron chi connectivity index (χ4n) is 1.86. The summed E-state index contributed by atoms with van der Waals surface area (Å²) >= 11 is 0. The van der Waals surface area contributed by atoms with Gasteiger partial charge in [-0.3, -0.25) is 4.79 Å². The zero-order chi connectivity index (χ0) is 13.7. The highest BCUT2D eigenvalue weighted by molar-refractivity contribution is 5.94. The van der Waals surface area contributed by atoms with Crippen LogP contribution in [0.5, 0.6) is 0 Å². The molecule has 0 saturated heterocycles. The first kappa shape index (κ1) is 13.1. The van der Waals surface area contributed by atoms with Gasteiger partial charge < -0.3 is 11.1 Å². The number of rotatable bonds is 4. The zero-order valence-electron chi connectivity index (χ0n) is 11.0. The van der Waals surface area contributed by atoms with E-state index in [1.54, 1.807) is 24.3 Å². The summed E-state index contributed by atoms with van der Waals surface area (Å²) in [6.45, 7) is 2.68. The zero-order valence-corrected chi connectivity index (χ0v) is 11.0. The number of benzene rings is 2. The highest BCUT2D eigenvalue weighted by Crippen LogP contribution is 2.06. The topological polar surface area (TPSA) is 55.1 Å². The van der Waals surface area contributed by atoms with Gasteiger partial charge in [0, 0.05) is 17.8 Å². The number of nitrogens with one attached hydrogen (secondary N) is 1. The van der Waals surface area contributed by atoms with Gasteiger partial charge >= 0.3 is 0 Å². The number of aryl methyl sites for hydroxylation is 1. The van der Waals surface area contributed by atoms with E-state index in [4.69, 9.17) is 5.73 Å². The Morgan fingerprint density at radius 1 is 1.16 bits per heavy atom. The van der Waals surface area contributed by atoms with Crippen LogP contribution in [0.4, 0.5) is 5.69 Å². The Morgan fingerprint density at radius 2 is 1.89 bits per heavy atom. The molecule has 19 heavy (non-hydrogen) atoms. The summed E-state index contributed by atoms with van der Waals surface area (Å²) in [6.07, 6.45) is 0.828. The molecule has 0 atom stereocenters. The molecule has 0 saturated carbocycles. The Balaban J connectivity index is 1.86. The van der Waals surface area contributed by atoms with E-state index < -0.39 is 0 Å². The van der Waals surface area contributed by atoms with Crippen molar-refractivity contribution < 1.29 is 4.79 Å². The molecule has 2 rings (SSSR count). The van der Waals surface area contributed by atoms with Crippen LogP contribution in [0.25, 0.3) is 0 Å². The number of carbonyl (C=O) groups is 1. The molecule has 0 bridgehead atoms. The molecule has 0 heterocycles. The molecule has 0 spiro atoms. The maximum atomic E-state index is 11.9.